The molecule has 150 valence electrons. The Morgan fingerprint density at radius 2 is 1.89 bits per heavy atom. The van der Waals surface area contributed by atoms with Crippen molar-refractivity contribution in [3.8, 4) is 11.3 Å². The van der Waals surface area contributed by atoms with E-state index in [1.807, 2.05) is 35.7 Å². The molecule has 2 N–H and O–H groups in total. The van der Waals surface area contributed by atoms with Gasteiger partial charge in [-0.05, 0) is 30.7 Å². The third kappa shape index (κ3) is 5.33. The molecular weight excluding hydrogens is 482 g/mol. The second kappa shape index (κ2) is 9.84. The van der Waals surface area contributed by atoms with Crippen LogP contribution < -0.4 is 9.94 Å². The van der Waals surface area contributed by atoms with Gasteiger partial charge in [-0.3, -0.25) is 0 Å². The summed E-state index contributed by atoms with van der Waals surface area (Å²) in [5, 5.41) is 7.39. The summed E-state index contributed by atoms with van der Waals surface area (Å²) in [4.78, 5) is 5.53. The van der Waals surface area contributed by atoms with Crippen molar-refractivity contribution in [1.29, 1.82) is 0 Å². The molecule has 2 aromatic carbocycles. The predicted molar refractivity (Wildman–Crippen MR) is 121 cm³/mol. The highest BCUT2D eigenvalue weighted by molar-refractivity contribution is 8.93. The smallest absolute Gasteiger partial charge is 0.239 e. The standard InChI is InChI=1S/C19H20ClN3O2S2.BrH/c1-2-3-11-23-17(13-26-19(23)22-15-7-5-4-6-8-15)14-9-10-16(20)18(12-14)27(21,24)25;/h4-10,12-13H,2-3,11H2,1H3,(H2,21,24,25);1H. The van der Waals surface area contributed by atoms with Crippen molar-refractivity contribution in [3.63, 3.8) is 0 Å². The van der Waals surface area contributed by atoms with Crippen LogP contribution in [0.1, 0.15) is 19.8 Å². The number of primary sulfonamides is 1. The number of nitrogens with zero attached hydrogens (tertiary/aromatic N) is 2. The first-order valence-electron chi connectivity index (χ1n) is 8.51. The average Bonchev–Trinajstić information content (AvgIpc) is 3.02. The molecule has 0 fully saturated rings. The number of sulfonamides is 1. The monoisotopic (exact) mass is 501 g/mol. The van der Waals surface area contributed by atoms with Crippen LogP contribution in [0.15, 0.2) is 63.8 Å². The number of halogens is 2. The van der Waals surface area contributed by atoms with Crippen molar-refractivity contribution in [1.82, 2.24) is 4.57 Å². The first kappa shape index (κ1) is 22.8. The van der Waals surface area contributed by atoms with E-state index in [0.717, 1.165) is 41.1 Å². The van der Waals surface area contributed by atoms with Gasteiger partial charge in [0, 0.05) is 17.5 Å². The van der Waals surface area contributed by atoms with Crippen LogP contribution in [0.2, 0.25) is 5.02 Å². The van der Waals surface area contributed by atoms with Gasteiger partial charge in [0.15, 0.2) is 4.80 Å². The quantitative estimate of drug-likeness (QED) is 0.507. The molecule has 0 radical (unpaired) electrons. The highest BCUT2D eigenvalue weighted by atomic mass is 79.9. The molecule has 0 saturated heterocycles. The van der Waals surface area contributed by atoms with Gasteiger partial charge in [-0.2, -0.15) is 0 Å². The predicted octanol–water partition coefficient (Wildman–Crippen LogP) is 5.13. The molecule has 0 aliphatic heterocycles. The van der Waals surface area contributed by atoms with Crippen molar-refractivity contribution < 1.29 is 8.42 Å². The Kier molecular flexibility index (Phi) is 8.03. The lowest BCUT2D eigenvalue weighted by Crippen LogP contribution is -2.16. The summed E-state index contributed by atoms with van der Waals surface area (Å²) in [5.41, 5.74) is 2.51. The summed E-state index contributed by atoms with van der Waals surface area (Å²) >= 11 is 7.54. The van der Waals surface area contributed by atoms with Gasteiger partial charge in [0.1, 0.15) is 4.90 Å². The summed E-state index contributed by atoms with van der Waals surface area (Å²) in [6, 6.07) is 14.6. The highest BCUT2D eigenvalue weighted by Gasteiger charge is 2.16. The number of nitrogens with two attached hydrogens (primary N) is 1. The van der Waals surface area contributed by atoms with Crippen LogP contribution in [0, 0.1) is 0 Å². The third-order valence-electron chi connectivity index (χ3n) is 4.05. The summed E-state index contributed by atoms with van der Waals surface area (Å²) < 4.78 is 25.7. The number of thiazole rings is 1. The van der Waals surface area contributed by atoms with E-state index < -0.39 is 10.0 Å². The minimum Gasteiger partial charge on any atom is -0.316 e. The summed E-state index contributed by atoms with van der Waals surface area (Å²) in [5.74, 6) is 0. The van der Waals surface area contributed by atoms with E-state index in [4.69, 9.17) is 21.7 Å². The normalized spacial score (nSPS) is 12.0. The molecule has 0 aliphatic rings. The SMILES string of the molecule is Br.CCCCn1c(-c2ccc(Cl)c(S(N)(=O)=O)c2)csc1=Nc1ccccc1. The van der Waals surface area contributed by atoms with Gasteiger partial charge in [-0.15, -0.1) is 28.3 Å². The highest BCUT2D eigenvalue weighted by Crippen LogP contribution is 2.28. The molecule has 0 spiro atoms. The minimum absolute atomic E-state index is 0. The van der Waals surface area contributed by atoms with E-state index in [-0.39, 0.29) is 26.9 Å². The maximum Gasteiger partial charge on any atom is 0.239 e. The fourth-order valence-corrected chi connectivity index (χ4v) is 4.70. The number of hydrogen-bond donors (Lipinski definition) is 1. The van der Waals surface area contributed by atoms with Crippen LogP contribution in [0.25, 0.3) is 11.3 Å². The second-order valence-electron chi connectivity index (χ2n) is 6.05. The van der Waals surface area contributed by atoms with Crippen LogP contribution >= 0.6 is 39.9 Å². The minimum atomic E-state index is -3.90. The van der Waals surface area contributed by atoms with Crippen molar-refractivity contribution in [2.75, 3.05) is 0 Å². The van der Waals surface area contributed by atoms with E-state index in [0.29, 0.717) is 0 Å². The van der Waals surface area contributed by atoms with E-state index in [1.54, 1.807) is 12.1 Å². The van der Waals surface area contributed by atoms with Crippen molar-refractivity contribution in [3.05, 3.63) is 63.7 Å². The zero-order valence-corrected chi connectivity index (χ0v) is 19.3. The van der Waals surface area contributed by atoms with Crippen LogP contribution in [0.4, 0.5) is 5.69 Å². The maximum absolute atomic E-state index is 11.8. The number of rotatable bonds is 6. The lowest BCUT2D eigenvalue weighted by molar-refractivity contribution is 0.598. The van der Waals surface area contributed by atoms with Crippen molar-refractivity contribution in [2.24, 2.45) is 10.1 Å². The Morgan fingerprint density at radius 3 is 2.54 bits per heavy atom. The van der Waals surface area contributed by atoms with E-state index in [2.05, 4.69) is 11.5 Å². The van der Waals surface area contributed by atoms with Gasteiger partial charge in [0.05, 0.1) is 16.4 Å². The lowest BCUT2D eigenvalue weighted by atomic mass is 10.1. The molecule has 0 amide bonds. The number of aromatic nitrogens is 1. The molecule has 28 heavy (non-hydrogen) atoms. The Hall–Kier alpha value is -1.45. The van der Waals surface area contributed by atoms with Gasteiger partial charge in [0.2, 0.25) is 10.0 Å². The van der Waals surface area contributed by atoms with Crippen molar-refractivity contribution >= 4 is 55.6 Å². The van der Waals surface area contributed by atoms with Gasteiger partial charge < -0.3 is 4.57 Å². The largest absolute Gasteiger partial charge is 0.316 e. The molecular formula is C19H21BrClN3O2S2. The Balaban J connectivity index is 0.00000280. The summed E-state index contributed by atoms with van der Waals surface area (Å²) in [7, 11) is -3.90. The third-order valence-corrected chi connectivity index (χ3v) is 6.30. The number of para-hydroxylation sites is 1. The first-order chi connectivity index (χ1) is 12.9. The van der Waals surface area contributed by atoms with Gasteiger partial charge in [0.25, 0.3) is 0 Å². The fraction of sp³-hybridized carbons (Fsp3) is 0.211. The molecule has 3 aromatic rings. The van der Waals surface area contributed by atoms with Crippen molar-refractivity contribution in [2.45, 2.75) is 31.2 Å². The molecule has 0 unspecified atom stereocenters. The number of unbranched alkanes of at least 4 members (excludes halogenated alkanes) is 1. The van der Waals surface area contributed by atoms with Crippen LogP contribution in [-0.2, 0) is 16.6 Å². The van der Waals surface area contributed by atoms with Gasteiger partial charge in [-0.1, -0.05) is 49.2 Å². The van der Waals surface area contributed by atoms with Crippen LogP contribution in [0.3, 0.4) is 0 Å². The fourth-order valence-electron chi connectivity index (χ4n) is 2.68. The Labute approximate surface area is 184 Å². The summed E-state index contributed by atoms with van der Waals surface area (Å²) in [6.45, 7) is 2.91. The van der Waals surface area contributed by atoms with Crippen LogP contribution in [-0.4, -0.2) is 13.0 Å². The van der Waals surface area contributed by atoms with E-state index >= 15 is 0 Å². The van der Waals surface area contributed by atoms with E-state index in [1.165, 1.54) is 17.4 Å². The second-order valence-corrected chi connectivity index (χ2v) is 8.82. The Morgan fingerprint density at radius 1 is 1.18 bits per heavy atom. The maximum atomic E-state index is 11.8. The molecule has 3 rings (SSSR count). The summed E-state index contributed by atoms with van der Waals surface area (Å²) in [6.07, 6.45) is 2.03. The van der Waals surface area contributed by atoms with E-state index in [9.17, 15) is 8.42 Å². The zero-order chi connectivity index (χ0) is 19.4. The zero-order valence-electron chi connectivity index (χ0n) is 15.2. The molecule has 0 atom stereocenters. The lowest BCUT2D eigenvalue weighted by Gasteiger charge is -2.10. The molecule has 9 heteroatoms. The molecule has 1 heterocycles. The average molecular weight is 503 g/mol. The number of benzene rings is 2. The topological polar surface area (TPSA) is 77.5 Å². The van der Waals surface area contributed by atoms with Gasteiger partial charge in [-0.25, -0.2) is 18.5 Å². The molecule has 0 aliphatic carbocycles. The van der Waals surface area contributed by atoms with Crippen LogP contribution in [0.5, 0.6) is 0 Å². The Bertz CT molecular complexity index is 1110. The first-order valence-corrected chi connectivity index (χ1v) is 11.3. The molecule has 0 saturated carbocycles. The van der Waals surface area contributed by atoms with Gasteiger partial charge >= 0.3 is 0 Å². The molecule has 0 bridgehead atoms. The molecule has 1 aromatic heterocycles. The number of hydrogen-bond acceptors (Lipinski definition) is 4. The molecule has 5 nitrogen and oxygen atoms in total.